The molecular weight excluding hydrogens is 335 g/mol. The van der Waals surface area contributed by atoms with Crippen LogP contribution in [-0.4, -0.2) is 75.9 Å². The maximum atomic E-state index is 14.7. The van der Waals surface area contributed by atoms with Crippen LogP contribution in [0.1, 0.15) is 30.3 Å². The number of hydrogen-bond acceptors (Lipinski definition) is 6. The van der Waals surface area contributed by atoms with Crippen molar-refractivity contribution < 1.29 is 9.13 Å². The van der Waals surface area contributed by atoms with E-state index in [0.717, 1.165) is 45.6 Å². The molecule has 0 radical (unpaired) electrons. The maximum absolute atomic E-state index is 14.7. The Kier molecular flexibility index (Phi) is 5.23. The van der Waals surface area contributed by atoms with Crippen LogP contribution in [0.15, 0.2) is 24.3 Å². The van der Waals surface area contributed by atoms with Gasteiger partial charge in [-0.15, -0.1) is 5.10 Å². The number of likely N-dealkylation sites (N-methyl/N-ethyl adjacent to an activating group) is 1. The van der Waals surface area contributed by atoms with E-state index >= 15 is 0 Å². The van der Waals surface area contributed by atoms with Crippen LogP contribution in [-0.2, 0) is 11.3 Å². The molecule has 0 amide bonds. The quantitative estimate of drug-likeness (QED) is 0.802. The molecule has 7 nitrogen and oxygen atoms in total. The molecule has 2 aliphatic heterocycles. The second-order valence-electron chi connectivity index (χ2n) is 7.12. The number of nitrogens with zero attached hydrogens (tertiary/aromatic N) is 6. The van der Waals surface area contributed by atoms with Gasteiger partial charge in [-0.1, -0.05) is 18.2 Å². The second-order valence-corrected chi connectivity index (χ2v) is 7.12. The van der Waals surface area contributed by atoms with Crippen molar-refractivity contribution in [3.05, 3.63) is 41.5 Å². The number of tetrazole rings is 1. The van der Waals surface area contributed by atoms with Gasteiger partial charge in [0.15, 0.2) is 5.82 Å². The van der Waals surface area contributed by atoms with E-state index in [1.54, 1.807) is 10.7 Å². The van der Waals surface area contributed by atoms with Gasteiger partial charge in [0.05, 0.1) is 12.6 Å². The van der Waals surface area contributed by atoms with Gasteiger partial charge in [0, 0.05) is 38.3 Å². The molecule has 0 saturated carbocycles. The van der Waals surface area contributed by atoms with Crippen molar-refractivity contribution >= 4 is 0 Å². The number of halogens is 1. The number of hydrogen-bond donors (Lipinski definition) is 0. The molecule has 8 heteroatoms. The number of rotatable bonds is 5. The lowest BCUT2D eigenvalue weighted by Gasteiger charge is -2.37. The zero-order valence-electron chi connectivity index (χ0n) is 15.1. The van der Waals surface area contributed by atoms with Gasteiger partial charge < -0.3 is 9.64 Å². The van der Waals surface area contributed by atoms with E-state index in [1.165, 1.54) is 6.07 Å². The maximum Gasteiger partial charge on any atom is 0.173 e. The topological polar surface area (TPSA) is 59.3 Å². The Labute approximate surface area is 152 Å². The molecule has 2 atom stereocenters. The first-order valence-electron chi connectivity index (χ1n) is 9.27. The van der Waals surface area contributed by atoms with Crippen molar-refractivity contribution in [1.29, 1.82) is 0 Å². The molecule has 2 aliphatic rings. The van der Waals surface area contributed by atoms with E-state index in [4.69, 9.17) is 4.74 Å². The summed E-state index contributed by atoms with van der Waals surface area (Å²) >= 11 is 0. The molecule has 4 rings (SSSR count). The molecule has 0 N–H and O–H groups in total. The molecular formula is C18H25FN6O. The van der Waals surface area contributed by atoms with E-state index < -0.39 is 0 Å². The van der Waals surface area contributed by atoms with E-state index in [2.05, 4.69) is 32.4 Å². The third kappa shape index (κ3) is 3.62. The Morgan fingerprint density at radius 3 is 2.77 bits per heavy atom. The van der Waals surface area contributed by atoms with Crippen molar-refractivity contribution in [3.8, 4) is 0 Å². The first-order chi connectivity index (χ1) is 12.7. The first-order valence-corrected chi connectivity index (χ1v) is 9.27. The lowest BCUT2D eigenvalue weighted by Crippen LogP contribution is -2.47. The predicted octanol–water partition coefficient (Wildman–Crippen LogP) is 1.33. The lowest BCUT2D eigenvalue weighted by atomic mass is 10.0. The first kappa shape index (κ1) is 17.5. The minimum Gasteiger partial charge on any atom is -0.376 e. The number of benzene rings is 1. The van der Waals surface area contributed by atoms with Crippen LogP contribution in [0.5, 0.6) is 0 Å². The van der Waals surface area contributed by atoms with Crippen LogP contribution >= 0.6 is 0 Å². The minimum absolute atomic E-state index is 0.131. The molecule has 3 heterocycles. The fourth-order valence-electron chi connectivity index (χ4n) is 3.79. The van der Waals surface area contributed by atoms with Crippen molar-refractivity contribution in [1.82, 2.24) is 30.0 Å². The van der Waals surface area contributed by atoms with Crippen LogP contribution in [0.3, 0.4) is 0 Å². The van der Waals surface area contributed by atoms with Crippen molar-refractivity contribution in [2.75, 3.05) is 39.8 Å². The average Bonchev–Trinajstić information content (AvgIpc) is 3.31. The monoisotopic (exact) mass is 360 g/mol. The molecule has 26 heavy (non-hydrogen) atoms. The second kappa shape index (κ2) is 7.77. The van der Waals surface area contributed by atoms with Gasteiger partial charge in [-0.2, -0.15) is 0 Å². The van der Waals surface area contributed by atoms with Gasteiger partial charge >= 0.3 is 0 Å². The largest absolute Gasteiger partial charge is 0.376 e. The van der Waals surface area contributed by atoms with Crippen LogP contribution in [0, 0.1) is 5.82 Å². The van der Waals surface area contributed by atoms with Gasteiger partial charge in [-0.25, -0.2) is 9.07 Å². The van der Waals surface area contributed by atoms with E-state index in [9.17, 15) is 4.39 Å². The third-order valence-electron chi connectivity index (χ3n) is 5.31. The summed E-state index contributed by atoms with van der Waals surface area (Å²) in [6, 6.07) is 6.64. The summed E-state index contributed by atoms with van der Waals surface area (Å²) in [6.07, 6.45) is 2.21. The number of ether oxygens (including phenoxy) is 1. The summed E-state index contributed by atoms with van der Waals surface area (Å²) in [6.45, 7) is 4.99. The highest BCUT2D eigenvalue weighted by atomic mass is 19.1. The zero-order chi connectivity index (χ0) is 17.9. The molecule has 2 aromatic rings. The molecule has 0 spiro atoms. The normalized spacial score (nSPS) is 23.4. The Hall–Kier alpha value is -1.90. The van der Waals surface area contributed by atoms with Crippen LogP contribution in [0.25, 0.3) is 0 Å². The third-order valence-corrected chi connectivity index (χ3v) is 5.31. The van der Waals surface area contributed by atoms with Gasteiger partial charge in [0.2, 0.25) is 0 Å². The van der Waals surface area contributed by atoms with E-state index in [0.29, 0.717) is 17.9 Å². The highest BCUT2D eigenvalue weighted by molar-refractivity contribution is 5.26. The summed E-state index contributed by atoms with van der Waals surface area (Å²) in [5.74, 6) is 0.471. The van der Waals surface area contributed by atoms with Crippen LogP contribution < -0.4 is 0 Å². The number of piperazine rings is 1. The van der Waals surface area contributed by atoms with E-state index in [1.807, 2.05) is 12.1 Å². The summed E-state index contributed by atoms with van der Waals surface area (Å²) in [5.41, 5.74) is 0.625. The molecule has 2 saturated heterocycles. The van der Waals surface area contributed by atoms with Crippen molar-refractivity contribution in [2.24, 2.45) is 0 Å². The molecule has 0 unspecified atom stereocenters. The average molecular weight is 360 g/mol. The molecule has 2 fully saturated rings. The van der Waals surface area contributed by atoms with E-state index in [-0.39, 0.29) is 18.0 Å². The number of aromatic nitrogens is 4. The molecule has 140 valence electrons. The highest BCUT2D eigenvalue weighted by Crippen LogP contribution is 2.30. The molecule has 1 aromatic carbocycles. The Bertz CT molecular complexity index is 724. The van der Waals surface area contributed by atoms with Gasteiger partial charge in [-0.3, -0.25) is 4.90 Å². The lowest BCUT2D eigenvalue weighted by molar-refractivity contribution is 0.0876. The zero-order valence-corrected chi connectivity index (χ0v) is 15.1. The minimum atomic E-state index is -0.290. The van der Waals surface area contributed by atoms with Gasteiger partial charge in [-0.05, 0) is 36.4 Å². The Morgan fingerprint density at radius 1 is 1.23 bits per heavy atom. The summed E-state index contributed by atoms with van der Waals surface area (Å²) in [4.78, 5) is 4.56. The fraction of sp³-hybridized carbons (Fsp3) is 0.611. The Balaban J connectivity index is 1.67. The molecule has 0 aliphatic carbocycles. The predicted molar refractivity (Wildman–Crippen MR) is 94.1 cm³/mol. The molecule has 1 aromatic heterocycles. The van der Waals surface area contributed by atoms with Crippen LogP contribution in [0.2, 0.25) is 0 Å². The summed E-state index contributed by atoms with van der Waals surface area (Å²) in [5, 5.41) is 12.4. The Morgan fingerprint density at radius 2 is 2.04 bits per heavy atom. The van der Waals surface area contributed by atoms with Gasteiger partial charge in [0.25, 0.3) is 0 Å². The highest BCUT2D eigenvalue weighted by Gasteiger charge is 2.32. The SMILES string of the molecule is CN1CCN([C@H](c2ccccc2F)c2nnnn2C[C@@H]2CCCO2)CC1. The standard InChI is InChI=1S/C18H25FN6O/c1-23-8-10-24(11-9-23)17(15-6-2-3-7-16(15)19)18-20-21-22-25(18)13-14-5-4-12-26-14/h2-3,6-7,14,17H,4-5,8-13H2,1H3/t14-,17+/m0/s1. The fourth-order valence-corrected chi connectivity index (χ4v) is 3.79. The summed E-state index contributed by atoms with van der Waals surface area (Å²) in [7, 11) is 2.11. The molecule has 0 bridgehead atoms. The van der Waals surface area contributed by atoms with Gasteiger partial charge in [0.1, 0.15) is 11.9 Å². The van der Waals surface area contributed by atoms with Crippen molar-refractivity contribution in [2.45, 2.75) is 31.5 Å². The summed E-state index contributed by atoms with van der Waals surface area (Å²) < 4.78 is 22.2. The van der Waals surface area contributed by atoms with Crippen molar-refractivity contribution in [3.63, 3.8) is 0 Å². The smallest absolute Gasteiger partial charge is 0.173 e. The van der Waals surface area contributed by atoms with Crippen LogP contribution in [0.4, 0.5) is 4.39 Å².